The maximum absolute atomic E-state index is 11.4. The van der Waals surface area contributed by atoms with Crippen molar-refractivity contribution >= 4 is 17.5 Å². The van der Waals surface area contributed by atoms with Crippen LogP contribution in [0.15, 0.2) is 0 Å². The normalized spacial score (nSPS) is 14.3. The lowest BCUT2D eigenvalue weighted by molar-refractivity contribution is -0.125. The lowest BCUT2D eigenvalue weighted by atomic mass is 9.88. The minimum atomic E-state index is -0.220. The molecule has 90 valence electrons. The first-order valence-electron chi connectivity index (χ1n) is 5.51. The van der Waals surface area contributed by atoms with Gasteiger partial charge in [0.25, 0.3) is 0 Å². The zero-order valence-electron chi connectivity index (χ0n) is 11.0. The molecule has 0 rings (SSSR count). The highest BCUT2D eigenvalue weighted by molar-refractivity contribution is 7.98. The fourth-order valence-corrected chi connectivity index (χ4v) is 1.98. The molecule has 0 aliphatic heterocycles. The SMILES string of the molecule is CSCCC(C)N(C)CC(C)(C)C(C)=O. The Bertz CT molecular complexity index is 204. The number of hydrogen-bond donors (Lipinski definition) is 0. The Hall–Kier alpha value is -0.0200. The maximum atomic E-state index is 11.4. The minimum Gasteiger partial charge on any atom is -0.303 e. The predicted octanol–water partition coefficient (Wildman–Crippen LogP) is 2.68. The van der Waals surface area contributed by atoms with E-state index in [2.05, 4.69) is 25.1 Å². The number of hydrogen-bond acceptors (Lipinski definition) is 3. The van der Waals surface area contributed by atoms with Gasteiger partial charge in [0.15, 0.2) is 0 Å². The van der Waals surface area contributed by atoms with E-state index in [1.807, 2.05) is 25.6 Å². The predicted molar refractivity (Wildman–Crippen MR) is 69.6 cm³/mol. The summed E-state index contributed by atoms with van der Waals surface area (Å²) in [6, 6.07) is 0.552. The average Bonchev–Trinajstić information content (AvgIpc) is 2.13. The van der Waals surface area contributed by atoms with E-state index in [4.69, 9.17) is 0 Å². The van der Waals surface area contributed by atoms with Crippen molar-refractivity contribution in [3.63, 3.8) is 0 Å². The standard InChI is InChI=1S/C12H25NOS/c1-10(7-8-15-6)13(5)9-12(3,4)11(2)14/h10H,7-9H2,1-6H3. The summed E-state index contributed by atoms with van der Waals surface area (Å²) in [6.45, 7) is 8.80. The molecule has 0 aromatic heterocycles. The summed E-state index contributed by atoms with van der Waals surface area (Å²) in [6.07, 6.45) is 3.32. The highest BCUT2D eigenvalue weighted by Gasteiger charge is 2.26. The Morgan fingerprint density at radius 3 is 2.40 bits per heavy atom. The Morgan fingerprint density at radius 1 is 1.47 bits per heavy atom. The average molecular weight is 231 g/mol. The van der Waals surface area contributed by atoms with E-state index in [0.29, 0.717) is 6.04 Å². The molecule has 0 saturated carbocycles. The molecule has 1 atom stereocenters. The monoisotopic (exact) mass is 231 g/mol. The number of rotatable bonds is 7. The van der Waals surface area contributed by atoms with E-state index in [-0.39, 0.29) is 11.2 Å². The largest absolute Gasteiger partial charge is 0.303 e. The minimum absolute atomic E-state index is 0.220. The van der Waals surface area contributed by atoms with Crippen molar-refractivity contribution in [2.24, 2.45) is 5.41 Å². The van der Waals surface area contributed by atoms with Gasteiger partial charge < -0.3 is 4.90 Å². The topological polar surface area (TPSA) is 20.3 Å². The third-order valence-electron chi connectivity index (χ3n) is 3.09. The molecule has 0 N–H and O–H groups in total. The third kappa shape index (κ3) is 5.57. The van der Waals surface area contributed by atoms with Gasteiger partial charge in [0.2, 0.25) is 0 Å². The molecule has 15 heavy (non-hydrogen) atoms. The van der Waals surface area contributed by atoms with Crippen molar-refractivity contribution in [2.75, 3.05) is 25.6 Å². The van der Waals surface area contributed by atoms with Crippen LogP contribution in [-0.2, 0) is 4.79 Å². The Kier molecular flexibility index (Phi) is 6.53. The van der Waals surface area contributed by atoms with E-state index >= 15 is 0 Å². The zero-order chi connectivity index (χ0) is 12.1. The summed E-state index contributed by atoms with van der Waals surface area (Å²) in [5, 5.41) is 0. The van der Waals surface area contributed by atoms with Gasteiger partial charge in [-0.3, -0.25) is 4.79 Å². The number of ketones is 1. The van der Waals surface area contributed by atoms with Crippen LogP contribution in [0.4, 0.5) is 0 Å². The molecular formula is C12H25NOS. The molecule has 0 aliphatic rings. The van der Waals surface area contributed by atoms with Gasteiger partial charge in [-0.1, -0.05) is 13.8 Å². The summed E-state index contributed by atoms with van der Waals surface area (Å²) >= 11 is 1.88. The second-order valence-corrected chi connectivity index (χ2v) is 5.97. The third-order valence-corrected chi connectivity index (χ3v) is 3.73. The van der Waals surface area contributed by atoms with Gasteiger partial charge in [0.1, 0.15) is 5.78 Å². The van der Waals surface area contributed by atoms with E-state index < -0.39 is 0 Å². The van der Waals surface area contributed by atoms with Crippen LogP contribution in [0.25, 0.3) is 0 Å². The smallest absolute Gasteiger partial charge is 0.136 e. The molecular weight excluding hydrogens is 206 g/mol. The summed E-state index contributed by atoms with van der Waals surface area (Å²) in [5.74, 6) is 1.46. The van der Waals surface area contributed by atoms with Crippen molar-refractivity contribution in [1.29, 1.82) is 0 Å². The number of thioether (sulfide) groups is 1. The van der Waals surface area contributed by atoms with Crippen LogP contribution in [-0.4, -0.2) is 42.3 Å². The second kappa shape index (κ2) is 6.54. The Morgan fingerprint density at radius 2 is 2.00 bits per heavy atom. The Labute approximate surface area is 98.8 Å². The molecule has 3 heteroatoms. The van der Waals surface area contributed by atoms with Gasteiger partial charge in [-0.05, 0) is 39.3 Å². The molecule has 0 radical (unpaired) electrons. The van der Waals surface area contributed by atoms with Crippen LogP contribution in [0, 0.1) is 5.41 Å². The van der Waals surface area contributed by atoms with Crippen LogP contribution in [0.1, 0.15) is 34.1 Å². The number of Topliss-reactive ketones (excluding diaryl/α,β-unsaturated/α-hetero) is 1. The molecule has 0 heterocycles. The number of carbonyl (C=O) groups is 1. The zero-order valence-corrected chi connectivity index (χ0v) is 11.8. The lowest BCUT2D eigenvalue weighted by Crippen LogP contribution is -2.40. The van der Waals surface area contributed by atoms with Crippen molar-refractivity contribution in [3.05, 3.63) is 0 Å². The lowest BCUT2D eigenvalue weighted by Gasteiger charge is -2.32. The summed E-state index contributed by atoms with van der Waals surface area (Å²) < 4.78 is 0. The van der Waals surface area contributed by atoms with Gasteiger partial charge in [-0.2, -0.15) is 11.8 Å². The van der Waals surface area contributed by atoms with Crippen molar-refractivity contribution in [3.8, 4) is 0 Å². The molecule has 0 aromatic rings. The first-order valence-corrected chi connectivity index (χ1v) is 6.91. The molecule has 1 unspecified atom stereocenters. The Balaban J connectivity index is 4.11. The first-order chi connectivity index (χ1) is 6.81. The van der Waals surface area contributed by atoms with E-state index in [1.54, 1.807) is 6.92 Å². The molecule has 0 aromatic carbocycles. The van der Waals surface area contributed by atoms with Gasteiger partial charge in [0.05, 0.1) is 0 Å². The molecule has 0 spiro atoms. The highest BCUT2D eigenvalue weighted by atomic mass is 32.2. The van der Waals surface area contributed by atoms with Crippen LogP contribution in [0.3, 0.4) is 0 Å². The molecule has 0 amide bonds. The fraction of sp³-hybridized carbons (Fsp3) is 0.917. The molecule has 0 bridgehead atoms. The van der Waals surface area contributed by atoms with Gasteiger partial charge in [0, 0.05) is 18.0 Å². The summed E-state index contributed by atoms with van der Waals surface area (Å²) in [5.41, 5.74) is -0.220. The second-order valence-electron chi connectivity index (χ2n) is 4.99. The quantitative estimate of drug-likeness (QED) is 0.672. The van der Waals surface area contributed by atoms with Crippen molar-refractivity contribution in [2.45, 2.75) is 40.2 Å². The van der Waals surface area contributed by atoms with Crippen LogP contribution < -0.4 is 0 Å². The summed E-state index contributed by atoms with van der Waals surface area (Å²) in [4.78, 5) is 13.7. The molecule has 2 nitrogen and oxygen atoms in total. The maximum Gasteiger partial charge on any atom is 0.136 e. The van der Waals surface area contributed by atoms with Crippen LogP contribution in [0.5, 0.6) is 0 Å². The van der Waals surface area contributed by atoms with Crippen LogP contribution >= 0.6 is 11.8 Å². The van der Waals surface area contributed by atoms with Crippen LogP contribution in [0.2, 0.25) is 0 Å². The van der Waals surface area contributed by atoms with Gasteiger partial charge in [-0.15, -0.1) is 0 Å². The number of nitrogens with zero attached hydrogens (tertiary/aromatic N) is 1. The van der Waals surface area contributed by atoms with Crippen molar-refractivity contribution < 1.29 is 4.79 Å². The van der Waals surface area contributed by atoms with E-state index in [9.17, 15) is 4.79 Å². The van der Waals surface area contributed by atoms with E-state index in [0.717, 1.165) is 6.54 Å². The van der Waals surface area contributed by atoms with E-state index in [1.165, 1.54) is 12.2 Å². The molecule has 0 fully saturated rings. The molecule has 0 aliphatic carbocycles. The fourth-order valence-electron chi connectivity index (χ4n) is 1.40. The van der Waals surface area contributed by atoms with Crippen molar-refractivity contribution in [1.82, 2.24) is 4.90 Å². The van der Waals surface area contributed by atoms with Gasteiger partial charge in [-0.25, -0.2) is 0 Å². The summed E-state index contributed by atoms with van der Waals surface area (Å²) in [7, 11) is 2.11. The first kappa shape index (κ1) is 15.0. The molecule has 0 saturated heterocycles. The highest BCUT2D eigenvalue weighted by Crippen LogP contribution is 2.19. The van der Waals surface area contributed by atoms with Gasteiger partial charge >= 0.3 is 0 Å². The number of carbonyl (C=O) groups excluding carboxylic acids is 1.